The van der Waals surface area contributed by atoms with Crippen LogP contribution in [0.2, 0.25) is 0 Å². The second-order valence-corrected chi connectivity index (χ2v) is 5.68. The summed E-state index contributed by atoms with van der Waals surface area (Å²) in [5.74, 6) is 0. The smallest absolute Gasteiger partial charge is 0.279 e. The molecule has 1 heterocycles. The summed E-state index contributed by atoms with van der Waals surface area (Å²) in [6.45, 7) is 5.32. The van der Waals surface area contributed by atoms with Crippen LogP contribution in [0, 0.1) is 0 Å². The van der Waals surface area contributed by atoms with Gasteiger partial charge in [0.05, 0.1) is 0 Å². The maximum Gasteiger partial charge on any atom is 0.279 e. The molecule has 1 fully saturated rings. The van der Waals surface area contributed by atoms with Crippen molar-refractivity contribution in [2.24, 2.45) is 0 Å². The Morgan fingerprint density at radius 2 is 2.14 bits per heavy atom. The van der Waals surface area contributed by atoms with Gasteiger partial charge in [-0.05, 0) is 26.8 Å². The van der Waals surface area contributed by atoms with Gasteiger partial charge in [0.1, 0.15) is 0 Å². The van der Waals surface area contributed by atoms with Crippen molar-refractivity contribution < 1.29 is 8.42 Å². The van der Waals surface area contributed by atoms with Crippen LogP contribution in [-0.2, 0) is 10.2 Å². The van der Waals surface area contributed by atoms with Gasteiger partial charge >= 0.3 is 0 Å². The van der Waals surface area contributed by atoms with E-state index in [0.717, 1.165) is 19.5 Å². The molecule has 84 valence electrons. The highest BCUT2D eigenvalue weighted by Crippen LogP contribution is 2.05. The molecule has 1 atom stereocenters. The molecule has 5 nitrogen and oxygen atoms in total. The third kappa shape index (κ3) is 2.91. The Kier molecular flexibility index (Phi) is 3.88. The first-order valence-electron chi connectivity index (χ1n) is 4.89. The normalized spacial score (nSPS) is 23.6. The molecular formula is C8H19N3O2S. The highest BCUT2D eigenvalue weighted by molar-refractivity contribution is 7.87. The van der Waals surface area contributed by atoms with E-state index in [9.17, 15) is 8.42 Å². The molecule has 1 rings (SSSR count). The van der Waals surface area contributed by atoms with Gasteiger partial charge in [0.15, 0.2) is 0 Å². The lowest BCUT2D eigenvalue weighted by molar-refractivity contribution is 0.397. The number of nitrogens with one attached hydrogen (secondary N) is 2. The maximum atomic E-state index is 11.7. The van der Waals surface area contributed by atoms with E-state index in [1.54, 1.807) is 7.05 Å². The Morgan fingerprint density at radius 1 is 1.50 bits per heavy atom. The fourth-order valence-corrected chi connectivity index (χ4v) is 2.67. The van der Waals surface area contributed by atoms with Crippen molar-refractivity contribution in [3.05, 3.63) is 0 Å². The number of nitrogens with zero attached hydrogens (tertiary/aromatic N) is 1. The minimum Gasteiger partial charge on any atom is -0.315 e. The maximum absolute atomic E-state index is 11.7. The lowest BCUT2D eigenvalue weighted by atomic mass is 10.3. The first-order valence-corrected chi connectivity index (χ1v) is 6.33. The summed E-state index contributed by atoms with van der Waals surface area (Å²) in [5.41, 5.74) is 0. The van der Waals surface area contributed by atoms with E-state index in [1.165, 1.54) is 4.31 Å². The summed E-state index contributed by atoms with van der Waals surface area (Å²) in [6, 6.07) is 0.0306. The van der Waals surface area contributed by atoms with Gasteiger partial charge in [-0.15, -0.1) is 0 Å². The molecule has 0 saturated carbocycles. The van der Waals surface area contributed by atoms with Crippen molar-refractivity contribution >= 4 is 10.2 Å². The molecule has 6 heteroatoms. The summed E-state index contributed by atoms with van der Waals surface area (Å²) < 4.78 is 27.5. The molecule has 0 radical (unpaired) electrons. The SMILES string of the molecule is CC(C)N(C)S(=O)(=O)N[C@@H]1CCNC1. The van der Waals surface area contributed by atoms with E-state index in [-0.39, 0.29) is 12.1 Å². The van der Waals surface area contributed by atoms with E-state index >= 15 is 0 Å². The van der Waals surface area contributed by atoms with Crippen molar-refractivity contribution in [3.8, 4) is 0 Å². The molecule has 0 bridgehead atoms. The molecule has 0 aromatic heterocycles. The van der Waals surface area contributed by atoms with Gasteiger partial charge in [-0.1, -0.05) is 0 Å². The minimum atomic E-state index is -3.30. The molecule has 1 saturated heterocycles. The van der Waals surface area contributed by atoms with Gasteiger partial charge in [-0.3, -0.25) is 0 Å². The van der Waals surface area contributed by atoms with Crippen LogP contribution in [0.5, 0.6) is 0 Å². The highest BCUT2D eigenvalue weighted by Gasteiger charge is 2.25. The predicted octanol–water partition coefficient (Wildman–Crippen LogP) is -0.477. The first-order chi connectivity index (χ1) is 6.43. The van der Waals surface area contributed by atoms with E-state index < -0.39 is 10.2 Å². The number of hydrogen-bond acceptors (Lipinski definition) is 3. The zero-order valence-electron chi connectivity index (χ0n) is 8.95. The molecule has 2 N–H and O–H groups in total. The molecule has 0 aromatic rings. The fourth-order valence-electron chi connectivity index (χ4n) is 1.33. The van der Waals surface area contributed by atoms with E-state index in [0.29, 0.717) is 0 Å². The standard InChI is InChI=1S/C8H19N3O2S/c1-7(2)11(3)14(12,13)10-8-4-5-9-6-8/h7-10H,4-6H2,1-3H3/t8-/m1/s1. The number of hydrogen-bond donors (Lipinski definition) is 2. The van der Waals surface area contributed by atoms with Crippen LogP contribution in [0.3, 0.4) is 0 Å². The van der Waals surface area contributed by atoms with Gasteiger partial charge in [0, 0.05) is 25.7 Å². The summed E-state index contributed by atoms with van der Waals surface area (Å²) in [6.07, 6.45) is 0.866. The zero-order chi connectivity index (χ0) is 10.8. The van der Waals surface area contributed by atoms with Crippen molar-refractivity contribution in [2.45, 2.75) is 32.4 Å². The molecular weight excluding hydrogens is 202 g/mol. The van der Waals surface area contributed by atoms with Gasteiger partial charge in [0.2, 0.25) is 0 Å². The second-order valence-electron chi connectivity index (χ2n) is 3.92. The third-order valence-corrected chi connectivity index (χ3v) is 4.29. The summed E-state index contributed by atoms with van der Waals surface area (Å²) >= 11 is 0. The van der Waals surface area contributed by atoms with E-state index in [2.05, 4.69) is 10.0 Å². The van der Waals surface area contributed by atoms with Crippen molar-refractivity contribution in [1.29, 1.82) is 0 Å². The molecule has 0 unspecified atom stereocenters. The Bertz CT molecular complexity index is 270. The molecule has 1 aliphatic heterocycles. The average Bonchev–Trinajstić information content (AvgIpc) is 2.54. The van der Waals surface area contributed by atoms with Crippen molar-refractivity contribution in [2.75, 3.05) is 20.1 Å². The molecule has 0 aromatic carbocycles. The van der Waals surface area contributed by atoms with Crippen LogP contribution in [0.15, 0.2) is 0 Å². The Morgan fingerprint density at radius 3 is 2.57 bits per heavy atom. The lowest BCUT2D eigenvalue weighted by Gasteiger charge is -2.23. The van der Waals surface area contributed by atoms with Gasteiger partial charge in [-0.2, -0.15) is 17.4 Å². The molecule has 0 amide bonds. The molecule has 14 heavy (non-hydrogen) atoms. The first kappa shape index (κ1) is 11.9. The fraction of sp³-hybridized carbons (Fsp3) is 1.00. The van der Waals surface area contributed by atoms with Gasteiger partial charge in [-0.25, -0.2) is 0 Å². The largest absolute Gasteiger partial charge is 0.315 e. The van der Waals surface area contributed by atoms with Crippen LogP contribution in [-0.4, -0.2) is 44.9 Å². The summed E-state index contributed by atoms with van der Waals surface area (Å²) in [5, 5.41) is 3.12. The molecule has 0 spiro atoms. The van der Waals surface area contributed by atoms with E-state index in [1.807, 2.05) is 13.8 Å². The average molecular weight is 221 g/mol. The molecule has 0 aliphatic carbocycles. The minimum absolute atomic E-state index is 0.0122. The monoisotopic (exact) mass is 221 g/mol. The zero-order valence-corrected chi connectivity index (χ0v) is 9.76. The van der Waals surface area contributed by atoms with Crippen LogP contribution in [0.1, 0.15) is 20.3 Å². The van der Waals surface area contributed by atoms with E-state index in [4.69, 9.17) is 0 Å². The van der Waals surface area contributed by atoms with Gasteiger partial charge < -0.3 is 5.32 Å². The quantitative estimate of drug-likeness (QED) is 0.674. The summed E-state index contributed by atoms with van der Waals surface area (Å²) in [7, 11) is -1.71. The Balaban J connectivity index is 2.56. The summed E-state index contributed by atoms with van der Waals surface area (Å²) in [4.78, 5) is 0. The van der Waals surface area contributed by atoms with Crippen molar-refractivity contribution in [3.63, 3.8) is 0 Å². The second kappa shape index (κ2) is 4.57. The lowest BCUT2D eigenvalue weighted by Crippen LogP contribution is -2.46. The topological polar surface area (TPSA) is 61.4 Å². The number of rotatable bonds is 4. The Hall–Kier alpha value is -0.170. The van der Waals surface area contributed by atoms with Crippen LogP contribution >= 0.6 is 0 Å². The predicted molar refractivity (Wildman–Crippen MR) is 56.2 cm³/mol. The third-order valence-electron chi connectivity index (χ3n) is 2.48. The van der Waals surface area contributed by atoms with Crippen LogP contribution in [0.4, 0.5) is 0 Å². The highest BCUT2D eigenvalue weighted by atomic mass is 32.2. The van der Waals surface area contributed by atoms with Gasteiger partial charge in [0.25, 0.3) is 10.2 Å². The van der Waals surface area contributed by atoms with Crippen molar-refractivity contribution in [1.82, 2.24) is 14.3 Å². The Labute approximate surface area is 86.0 Å². The van der Waals surface area contributed by atoms with Crippen LogP contribution < -0.4 is 10.0 Å². The molecule has 1 aliphatic rings. The van der Waals surface area contributed by atoms with Crippen LogP contribution in [0.25, 0.3) is 0 Å².